The lowest BCUT2D eigenvalue weighted by Crippen LogP contribution is -2.52. The SMILES string of the molecule is CCC1OCC1NC. The van der Waals surface area contributed by atoms with Crippen LogP contribution in [0.15, 0.2) is 0 Å². The van der Waals surface area contributed by atoms with E-state index in [1.54, 1.807) is 0 Å². The molecule has 48 valence electrons. The Morgan fingerprint density at radius 1 is 1.75 bits per heavy atom. The summed E-state index contributed by atoms with van der Waals surface area (Å²) >= 11 is 0. The predicted molar refractivity (Wildman–Crippen MR) is 32.9 cm³/mol. The summed E-state index contributed by atoms with van der Waals surface area (Å²) in [5.74, 6) is 0. The third-order valence-corrected chi connectivity index (χ3v) is 1.71. The van der Waals surface area contributed by atoms with Crippen LogP contribution in [-0.4, -0.2) is 25.8 Å². The van der Waals surface area contributed by atoms with Crippen LogP contribution >= 0.6 is 0 Å². The highest BCUT2D eigenvalue weighted by Gasteiger charge is 2.28. The Hall–Kier alpha value is -0.0800. The molecular weight excluding hydrogens is 102 g/mol. The molecule has 0 aliphatic carbocycles. The van der Waals surface area contributed by atoms with Crippen LogP contribution in [0.25, 0.3) is 0 Å². The Bertz CT molecular complexity index is 60.9. The largest absolute Gasteiger partial charge is 0.375 e. The number of hydrogen-bond acceptors (Lipinski definition) is 2. The first kappa shape index (κ1) is 6.05. The lowest BCUT2D eigenvalue weighted by atomic mass is 10.1. The van der Waals surface area contributed by atoms with E-state index in [4.69, 9.17) is 4.74 Å². The summed E-state index contributed by atoms with van der Waals surface area (Å²) in [5, 5.41) is 3.18. The molecule has 1 heterocycles. The van der Waals surface area contributed by atoms with Gasteiger partial charge in [0.2, 0.25) is 0 Å². The molecular formula is C6H13NO. The van der Waals surface area contributed by atoms with Gasteiger partial charge in [0.05, 0.1) is 18.8 Å². The van der Waals surface area contributed by atoms with Crippen molar-refractivity contribution in [3.05, 3.63) is 0 Å². The number of ether oxygens (including phenoxy) is 1. The Labute approximate surface area is 50.2 Å². The van der Waals surface area contributed by atoms with Gasteiger partial charge in [0.1, 0.15) is 0 Å². The van der Waals surface area contributed by atoms with Gasteiger partial charge in [-0.15, -0.1) is 0 Å². The van der Waals surface area contributed by atoms with E-state index in [1.165, 1.54) is 0 Å². The third-order valence-electron chi connectivity index (χ3n) is 1.71. The van der Waals surface area contributed by atoms with Crippen LogP contribution in [0.2, 0.25) is 0 Å². The van der Waals surface area contributed by atoms with Gasteiger partial charge >= 0.3 is 0 Å². The standard InChI is InChI=1S/C6H13NO/c1-3-6-5(7-2)4-8-6/h5-7H,3-4H2,1-2H3. The summed E-state index contributed by atoms with van der Waals surface area (Å²) in [4.78, 5) is 0. The van der Waals surface area contributed by atoms with E-state index in [0.29, 0.717) is 12.1 Å². The van der Waals surface area contributed by atoms with E-state index in [0.717, 1.165) is 13.0 Å². The van der Waals surface area contributed by atoms with E-state index in [2.05, 4.69) is 12.2 Å². The van der Waals surface area contributed by atoms with E-state index in [9.17, 15) is 0 Å². The van der Waals surface area contributed by atoms with Crippen molar-refractivity contribution in [3.8, 4) is 0 Å². The lowest BCUT2D eigenvalue weighted by molar-refractivity contribution is -0.0853. The van der Waals surface area contributed by atoms with Crippen molar-refractivity contribution in [2.75, 3.05) is 13.7 Å². The van der Waals surface area contributed by atoms with Crippen molar-refractivity contribution in [2.45, 2.75) is 25.5 Å². The minimum atomic E-state index is 0.486. The van der Waals surface area contributed by atoms with E-state index in [-0.39, 0.29) is 0 Å². The van der Waals surface area contributed by atoms with Gasteiger partial charge in [-0.3, -0.25) is 0 Å². The number of hydrogen-bond donors (Lipinski definition) is 1. The summed E-state index contributed by atoms with van der Waals surface area (Å²) in [5.41, 5.74) is 0. The van der Waals surface area contributed by atoms with Gasteiger partial charge in [-0.2, -0.15) is 0 Å². The molecule has 0 aromatic rings. The first-order chi connectivity index (χ1) is 3.88. The average molecular weight is 115 g/mol. The zero-order valence-corrected chi connectivity index (χ0v) is 5.48. The highest BCUT2D eigenvalue weighted by Crippen LogP contribution is 2.14. The van der Waals surface area contributed by atoms with E-state index >= 15 is 0 Å². The van der Waals surface area contributed by atoms with E-state index in [1.807, 2.05) is 7.05 Å². The molecule has 1 saturated heterocycles. The second-order valence-electron chi connectivity index (χ2n) is 2.18. The zero-order valence-electron chi connectivity index (χ0n) is 5.48. The monoisotopic (exact) mass is 115 g/mol. The Balaban J connectivity index is 2.16. The maximum absolute atomic E-state index is 5.22. The van der Waals surface area contributed by atoms with Gasteiger partial charge in [0.15, 0.2) is 0 Å². The van der Waals surface area contributed by atoms with Crippen molar-refractivity contribution < 1.29 is 4.74 Å². The molecule has 0 bridgehead atoms. The zero-order chi connectivity index (χ0) is 5.98. The van der Waals surface area contributed by atoms with Crippen LogP contribution in [0.4, 0.5) is 0 Å². The summed E-state index contributed by atoms with van der Waals surface area (Å²) < 4.78 is 5.22. The van der Waals surface area contributed by atoms with Crippen molar-refractivity contribution >= 4 is 0 Å². The molecule has 1 aliphatic heterocycles. The number of nitrogens with one attached hydrogen (secondary N) is 1. The van der Waals surface area contributed by atoms with Crippen molar-refractivity contribution in [3.63, 3.8) is 0 Å². The highest BCUT2D eigenvalue weighted by molar-refractivity contribution is 4.82. The number of likely N-dealkylation sites (N-methyl/N-ethyl adjacent to an activating group) is 1. The van der Waals surface area contributed by atoms with Crippen LogP contribution in [0, 0.1) is 0 Å². The van der Waals surface area contributed by atoms with Crippen LogP contribution in [0.5, 0.6) is 0 Å². The summed E-state index contributed by atoms with van der Waals surface area (Å²) in [7, 11) is 1.98. The average Bonchev–Trinajstić information content (AvgIpc) is 1.66. The normalized spacial score (nSPS) is 36.8. The molecule has 2 heteroatoms. The fraction of sp³-hybridized carbons (Fsp3) is 1.00. The molecule has 1 N–H and O–H groups in total. The second-order valence-corrected chi connectivity index (χ2v) is 2.18. The maximum atomic E-state index is 5.22. The Morgan fingerprint density at radius 2 is 2.50 bits per heavy atom. The first-order valence-electron chi connectivity index (χ1n) is 3.17. The molecule has 2 unspecified atom stereocenters. The van der Waals surface area contributed by atoms with Gasteiger partial charge in [-0.05, 0) is 13.5 Å². The molecule has 0 saturated carbocycles. The maximum Gasteiger partial charge on any atom is 0.0748 e. The van der Waals surface area contributed by atoms with Gasteiger partial charge < -0.3 is 10.1 Å². The van der Waals surface area contributed by atoms with Crippen molar-refractivity contribution in [2.24, 2.45) is 0 Å². The van der Waals surface area contributed by atoms with Crippen LogP contribution in [-0.2, 0) is 4.74 Å². The van der Waals surface area contributed by atoms with Gasteiger partial charge in [0.25, 0.3) is 0 Å². The molecule has 1 fully saturated rings. The van der Waals surface area contributed by atoms with Crippen LogP contribution in [0.1, 0.15) is 13.3 Å². The minimum Gasteiger partial charge on any atom is -0.375 e. The van der Waals surface area contributed by atoms with Crippen molar-refractivity contribution in [1.29, 1.82) is 0 Å². The highest BCUT2D eigenvalue weighted by atomic mass is 16.5. The van der Waals surface area contributed by atoms with Crippen LogP contribution < -0.4 is 5.32 Å². The quantitative estimate of drug-likeness (QED) is 0.562. The van der Waals surface area contributed by atoms with Gasteiger partial charge in [-0.25, -0.2) is 0 Å². The third kappa shape index (κ3) is 0.858. The lowest BCUT2D eigenvalue weighted by Gasteiger charge is -2.35. The fourth-order valence-electron chi connectivity index (χ4n) is 1.00. The smallest absolute Gasteiger partial charge is 0.0748 e. The summed E-state index contributed by atoms with van der Waals surface area (Å²) in [6, 6.07) is 0.625. The van der Waals surface area contributed by atoms with Gasteiger partial charge in [-0.1, -0.05) is 6.92 Å². The minimum absolute atomic E-state index is 0.486. The molecule has 0 radical (unpaired) electrons. The Kier molecular flexibility index (Phi) is 1.86. The summed E-state index contributed by atoms with van der Waals surface area (Å²) in [6.07, 6.45) is 1.62. The van der Waals surface area contributed by atoms with Gasteiger partial charge in [0, 0.05) is 0 Å². The molecule has 8 heavy (non-hydrogen) atoms. The molecule has 0 spiro atoms. The van der Waals surface area contributed by atoms with E-state index < -0.39 is 0 Å². The molecule has 2 nitrogen and oxygen atoms in total. The molecule has 1 aliphatic rings. The molecule has 0 aromatic heterocycles. The van der Waals surface area contributed by atoms with Crippen molar-refractivity contribution in [1.82, 2.24) is 5.32 Å². The molecule has 0 aromatic carbocycles. The molecule has 2 atom stereocenters. The first-order valence-corrected chi connectivity index (χ1v) is 3.17. The molecule has 0 amide bonds. The Morgan fingerprint density at radius 3 is 2.62 bits per heavy atom. The molecule has 1 rings (SSSR count). The predicted octanol–water partition coefficient (Wildman–Crippen LogP) is 0.383. The fourth-order valence-corrected chi connectivity index (χ4v) is 1.00. The van der Waals surface area contributed by atoms with Crippen LogP contribution in [0.3, 0.4) is 0 Å². The summed E-state index contributed by atoms with van der Waals surface area (Å²) in [6.45, 7) is 3.04. The number of rotatable bonds is 2. The topological polar surface area (TPSA) is 21.3 Å². The second kappa shape index (κ2) is 2.46.